The Morgan fingerprint density at radius 3 is 2.55 bits per heavy atom. The molecule has 7 nitrogen and oxygen atoms in total. The van der Waals surface area contributed by atoms with Crippen LogP contribution < -0.4 is 25.0 Å². The minimum Gasteiger partial charge on any atom is -0.497 e. The van der Waals surface area contributed by atoms with Crippen molar-refractivity contribution in [3.63, 3.8) is 0 Å². The van der Waals surface area contributed by atoms with E-state index in [-0.39, 0.29) is 12.5 Å². The molecule has 0 bridgehead atoms. The molecule has 22 heavy (non-hydrogen) atoms. The maximum Gasteiger partial charge on any atom is 0.321 e. The standard InChI is InChI=1S/C15H23N3O4/c1-5-16-15(20)17-14(19)10-18(2)9-11-6-7-12(21-3)8-13(11)22-4/h6-8H,5,9-10H2,1-4H3,(H2,16,17,19,20)/p+1. The Morgan fingerprint density at radius 2 is 1.95 bits per heavy atom. The van der Waals surface area contributed by atoms with Crippen molar-refractivity contribution in [2.45, 2.75) is 13.5 Å². The van der Waals surface area contributed by atoms with Gasteiger partial charge in [0.15, 0.2) is 6.54 Å². The molecule has 0 aliphatic heterocycles. The number of hydrogen-bond donors (Lipinski definition) is 3. The minimum atomic E-state index is -0.470. The highest BCUT2D eigenvalue weighted by atomic mass is 16.5. The van der Waals surface area contributed by atoms with Crippen molar-refractivity contribution in [2.75, 3.05) is 34.4 Å². The number of methoxy groups -OCH3 is 2. The predicted octanol–water partition coefficient (Wildman–Crippen LogP) is -0.436. The van der Waals surface area contributed by atoms with Crippen molar-refractivity contribution >= 4 is 11.9 Å². The normalized spacial score (nSPS) is 11.5. The summed E-state index contributed by atoms with van der Waals surface area (Å²) in [5.74, 6) is 1.10. The van der Waals surface area contributed by atoms with Gasteiger partial charge in [-0.25, -0.2) is 4.79 Å². The van der Waals surface area contributed by atoms with Crippen LogP contribution in [0.15, 0.2) is 18.2 Å². The van der Waals surface area contributed by atoms with E-state index in [1.54, 1.807) is 27.2 Å². The second-order valence-corrected chi connectivity index (χ2v) is 4.90. The van der Waals surface area contributed by atoms with Crippen molar-refractivity contribution in [3.8, 4) is 11.5 Å². The molecular weight excluding hydrogens is 286 g/mol. The number of amides is 3. The summed E-state index contributed by atoms with van der Waals surface area (Å²) in [7, 11) is 5.06. The first-order valence-corrected chi connectivity index (χ1v) is 7.10. The maximum absolute atomic E-state index is 11.7. The van der Waals surface area contributed by atoms with Gasteiger partial charge in [0.1, 0.15) is 18.0 Å². The molecule has 1 aromatic carbocycles. The lowest BCUT2D eigenvalue weighted by molar-refractivity contribution is -0.885. The number of ether oxygens (including phenoxy) is 2. The lowest BCUT2D eigenvalue weighted by atomic mass is 10.2. The first-order chi connectivity index (χ1) is 10.5. The van der Waals surface area contributed by atoms with E-state index in [9.17, 15) is 9.59 Å². The van der Waals surface area contributed by atoms with Crippen LogP contribution in [0.25, 0.3) is 0 Å². The Balaban J connectivity index is 2.59. The fourth-order valence-corrected chi connectivity index (χ4v) is 2.04. The molecule has 1 unspecified atom stereocenters. The second kappa shape index (κ2) is 8.89. The molecule has 1 aromatic rings. The average Bonchev–Trinajstić information content (AvgIpc) is 2.47. The number of quaternary nitrogens is 1. The van der Waals surface area contributed by atoms with Crippen molar-refractivity contribution in [2.24, 2.45) is 0 Å². The Kier molecular flexibility index (Phi) is 7.18. The van der Waals surface area contributed by atoms with Gasteiger partial charge in [-0.3, -0.25) is 10.1 Å². The Bertz CT molecular complexity index is 520. The van der Waals surface area contributed by atoms with Gasteiger partial charge in [-0.05, 0) is 19.1 Å². The van der Waals surface area contributed by atoms with Crippen LogP contribution in [-0.2, 0) is 11.3 Å². The molecule has 122 valence electrons. The van der Waals surface area contributed by atoms with Gasteiger partial charge in [-0.1, -0.05) is 0 Å². The summed E-state index contributed by atoms with van der Waals surface area (Å²) in [6.45, 7) is 3.05. The molecule has 0 fully saturated rings. The minimum absolute atomic E-state index is 0.187. The van der Waals surface area contributed by atoms with Gasteiger partial charge >= 0.3 is 6.03 Å². The molecule has 0 radical (unpaired) electrons. The topological polar surface area (TPSA) is 81.1 Å². The van der Waals surface area contributed by atoms with Gasteiger partial charge in [-0.15, -0.1) is 0 Å². The van der Waals surface area contributed by atoms with E-state index in [4.69, 9.17) is 9.47 Å². The largest absolute Gasteiger partial charge is 0.497 e. The van der Waals surface area contributed by atoms with Gasteiger partial charge in [-0.2, -0.15) is 0 Å². The molecule has 3 N–H and O–H groups in total. The lowest BCUT2D eigenvalue weighted by Crippen LogP contribution is -3.09. The number of imide groups is 1. The van der Waals surface area contributed by atoms with Gasteiger partial charge in [0.25, 0.3) is 5.91 Å². The van der Waals surface area contributed by atoms with Gasteiger partial charge in [0.05, 0.1) is 21.3 Å². The van der Waals surface area contributed by atoms with E-state index >= 15 is 0 Å². The molecule has 0 saturated heterocycles. The van der Waals surface area contributed by atoms with Gasteiger partial charge in [0.2, 0.25) is 0 Å². The van der Waals surface area contributed by atoms with E-state index in [0.717, 1.165) is 10.5 Å². The Labute approximate surface area is 130 Å². The fourth-order valence-electron chi connectivity index (χ4n) is 2.04. The molecule has 3 amide bonds. The summed E-state index contributed by atoms with van der Waals surface area (Å²) in [6, 6.07) is 5.09. The third kappa shape index (κ3) is 5.61. The highest BCUT2D eigenvalue weighted by Crippen LogP contribution is 2.23. The summed E-state index contributed by atoms with van der Waals surface area (Å²) in [6.07, 6.45) is 0. The number of carbonyl (C=O) groups is 2. The third-order valence-corrected chi connectivity index (χ3v) is 3.04. The summed E-state index contributed by atoms with van der Waals surface area (Å²) >= 11 is 0. The third-order valence-electron chi connectivity index (χ3n) is 3.04. The van der Waals surface area contributed by atoms with Crippen molar-refractivity contribution in [3.05, 3.63) is 23.8 Å². The molecule has 0 saturated carbocycles. The molecule has 0 heterocycles. The number of hydrogen-bond acceptors (Lipinski definition) is 4. The number of benzene rings is 1. The van der Waals surface area contributed by atoms with E-state index in [2.05, 4.69) is 10.6 Å². The van der Waals surface area contributed by atoms with Crippen LogP contribution >= 0.6 is 0 Å². The molecule has 0 spiro atoms. The zero-order valence-corrected chi connectivity index (χ0v) is 13.5. The number of carbonyl (C=O) groups excluding carboxylic acids is 2. The van der Waals surface area contributed by atoms with Gasteiger partial charge in [0, 0.05) is 18.2 Å². The summed E-state index contributed by atoms with van der Waals surface area (Å²) in [4.78, 5) is 24.0. The number of nitrogens with one attached hydrogen (secondary N) is 3. The Morgan fingerprint density at radius 1 is 1.23 bits per heavy atom. The summed E-state index contributed by atoms with van der Waals surface area (Å²) < 4.78 is 10.5. The van der Waals surface area contributed by atoms with Crippen LogP contribution in [0, 0.1) is 0 Å². The summed E-state index contributed by atoms with van der Waals surface area (Å²) in [5.41, 5.74) is 0.964. The highest BCUT2D eigenvalue weighted by molar-refractivity contribution is 5.94. The van der Waals surface area contributed by atoms with Crippen LogP contribution in [0.1, 0.15) is 12.5 Å². The van der Waals surface area contributed by atoms with Crippen LogP contribution in [-0.4, -0.2) is 46.3 Å². The quantitative estimate of drug-likeness (QED) is 0.638. The predicted molar refractivity (Wildman–Crippen MR) is 82.2 cm³/mol. The molecule has 0 aliphatic rings. The molecular formula is C15H24N3O4+. The van der Waals surface area contributed by atoms with Crippen LogP contribution in [0.3, 0.4) is 0 Å². The van der Waals surface area contributed by atoms with E-state index < -0.39 is 6.03 Å². The lowest BCUT2D eigenvalue weighted by Gasteiger charge is -2.16. The number of rotatable bonds is 7. The van der Waals surface area contributed by atoms with Gasteiger partial charge < -0.3 is 19.7 Å². The first kappa shape index (κ1) is 17.8. The zero-order valence-electron chi connectivity index (χ0n) is 13.5. The van der Waals surface area contributed by atoms with Crippen molar-refractivity contribution < 1.29 is 24.0 Å². The monoisotopic (exact) mass is 310 g/mol. The van der Waals surface area contributed by atoms with E-state index in [1.165, 1.54) is 0 Å². The number of likely N-dealkylation sites (N-methyl/N-ethyl adjacent to an activating group) is 1. The molecule has 1 atom stereocenters. The zero-order chi connectivity index (χ0) is 16.5. The summed E-state index contributed by atoms with van der Waals surface area (Å²) in [5, 5.41) is 4.80. The van der Waals surface area contributed by atoms with E-state index in [0.29, 0.717) is 24.6 Å². The second-order valence-electron chi connectivity index (χ2n) is 4.90. The molecule has 1 rings (SSSR count). The van der Waals surface area contributed by atoms with Crippen molar-refractivity contribution in [1.29, 1.82) is 0 Å². The maximum atomic E-state index is 11.7. The van der Waals surface area contributed by atoms with Crippen LogP contribution in [0.2, 0.25) is 0 Å². The Hall–Kier alpha value is -2.28. The fraction of sp³-hybridized carbons (Fsp3) is 0.467. The number of urea groups is 1. The first-order valence-electron chi connectivity index (χ1n) is 7.10. The molecule has 7 heteroatoms. The molecule has 0 aliphatic carbocycles. The molecule has 0 aromatic heterocycles. The van der Waals surface area contributed by atoms with Crippen molar-refractivity contribution in [1.82, 2.24) is 10.6 Å². The highest BCUT2D eigenvalue weighted by Gasteiger charge is 2.15. The van der Waals surface area contributed by atoms with E-state index in [1.807, 2.05) is 19.2 Å². The average molecular weight is 310 g/mol. The van der Waals surface area contributed by atoms with Crippen LogP contribution in [0.5, 0.6) is 11.5 Å². The van der Waals surface area contributed by atoms with Crippen LogP contribution in [0.4, 0.5) is 4.79 Å². The smallest absolute Gasteiger partial charge is 0.321 e. The SMILES string of the molecule is CCNC(=O)NC(=O)C[NH+](C)Cc1ccc(OC)cc1OC.